The van der Waals surface area contributed by atoms with Crippen LogP contribution < -0.4 is 5.73 Å². The van der Waals surface area contributed by atoms with Crippen molar-refractivity contribution in [2.75, 3.05) is 13.6 Å². The van der Waals surface area contributed by atoms with E-state index in [0.717, 1.165) is 5.01 Å². The Hall–Kier alpha value is -0.940. The standard InChI is InChI=1S/C8H13N3OS/c1-3-11(2)8(12)6-5-13-7(4-9)10-6/h5H,3-4,9H2,1-2H3. The molecular weight excluding hydrogens is 186 g/mol. The molecule has 0 radical (unpaired) electrons. The fourth-order valence-electron chi connectivity index (χ4n) is 0.842. The minimum atomic E-state index is -0.0431. The van der Waals surface area contributed by atoms with E-state index < -0.39 is 0 Å². The van der Waals surface area contributed by atoms with Gasteiger partial charge in [-0.3, -0.25) is 4.79 Å². The second-order valence-electron chi connectivity index (χ2n) is 2.65. The van der Waals surface area contributed by atoms with Gasteiger partial charge in [-0.2, -0.15) is 0 Å². The molecule has 0 bridgehead atoms. The first-order valence-corrected chi connectivity index (χ1v) is 4.97. The smallest absolute Gasteiger partial charge is 0.273 e. The lowest BCUT2D eigenvalue weighted by molar-refractivity contribution is 0.0797. The first-order valence-electron chi connectivity index (χ1n) is 4.09. The van der Waals surface area contributed by atoms with Crippen LogP contribution >= 0.6 is 11.3 Å². The molecule has 0 aromatic carbocycles. The minimum absolute atomic E-state index is 0.0431. The zero-order valence-corrected chi connectivity index (χ0v) is 8.60. The molecule has 0 aliphatic rings. The zero-order chi connectivity index (χ0) is 9.84. The fraction of sp³-hybridized carbons (Fsp3) is 0.500. The molecule has 2 N–H and O–H groups in total. The van der Waals surface area contributed by atoms with Crippen LogP contribution in [0.15, 0.2) is 5.38 Å². The summed E-state index contributed by atoms with van der Waals surface area (Å²) in [5.74, 6) is -0.0431. The van der Waals surface area contributed by atoms with E-state index in [1.54, 1.807) is 17.3 Å². The number of carbonyl (C=O) groups is 1. The maximum absolute atomic E-state index is 11.5. The molecule has 13 heavy (non-hydrogen) atoms. The molecule has 0 aliphatic heterocycles. The highest BCUT2D eigenvalue weighted by molar-refractivity contribution is 7.09. The van der Waals surface area contributed by atoms with Crippen molar-refractivity contribution in [1.29, 1.82) is 0 Å². The molecule has 4 nitrogen and oxygen atoms in total. The molecular formula is C8H13N3OS. The Balaban J connectivity index is 2.77. The van der Waals surface area contributed by atoms with E-state index >= 15 is 0 Å². The summed E-state index contributed by atoms with van der Waals surface area (Å²) in [6.45, 7) is 3.01. The molecule has 5 heteroatoms. The highest BCUT2D eigenvalue weighted by Gasteiger charge is 2.13. The molecule has 1 aromatic rings. The Morgan fingerprint density at radius 2 is 2.46 bits per heavy atom. The van der Waals surface area contributed by atoms with Crippen molar-refractivity contribution in [3.8, 4) is 0 Å². The second-order valence-corrected chi connectivity index (χ2v) is 3.59. The molecule has 1 rings (SSSR count). The van der Waals surface area contributed by atoms with E-state index in [1.165, 1.54) is 11.3 Å². The van der Waals surface area contributed by atoms with Crippen LogP contribution in [0.4, 0.5) is 0 Å². The first-order chi connectivity index (χ1) is 6.19. The van der Waals surface area contributed by atoms with Gasteiger partial charge in [0.15, 0.2) is 0 Å². The van der Waals surface area contributed by atoms with Crippen molar-refractivity contribution in [3.63, 3.8) is 0 Å². The van der Waals surface area contributed by atoms with Crippen LogP contribution in [0, 0.1) is 0 Å². The zero-order valence-electron chi connectivity index (χ0n) is 7.78. The quantitative estimate of drug-likeness (QED) is 0.779. The van der Waals surface area contributed by atoms with Gasteiger partial charge in [0, 0.05) is 25.5 Å². The van der Waals surface area contributed by atoms with Crippen molar-refractivity contribution in [1.82, 2.24) is 9.88 Å². The van der Waals surface area contributed by atoms with Gasteiger partial charge in [-0.1, -0.05) is 0 Å². The summed E-state index contributed by atoms with van der Waals surface area (Å²) < 4.78 is 0. The number of amides is 1. The van der Waals surface area contributed by atoms with E-state index in [-0.39, 0.29) is 5.91 Å². The third-order valence-electron chi connectivity index (χ3n) is 1.77. The maximum atomic E-state index is 11.5. The van der Waals surface area contributed by atoms with Crippen LogP contribution in [0.1, 0.15) is 22.4 Å². The van der Waals surface area contributed by atoms with Gasteiger partial charge in [-0.25, -0.2) is 4.98 Å². The number of rotatable bonds is 3. The predicted octanol–water partition coefficient (Wildman–Crippen LogP) is 0.694. The number of hydrogen-bond donors (Lipinski definition) is 1. The van der Waals surface area contributed by atoms with Gasteiger partial charge in [-0.05, 0) is 6.92 Å². The summed E-state index contributed by atoms with van der Waals surface area (Å²) in [5.41, 5.74) is 5.89. The van der Waals surface area contributed by atoms with Crippen molar-refractivity contribution < 1.29 is 4.79 Å². The molecule has 0 saturated heterocycles. The molecule has 0 spiro atoms. The van der Waals surface area contributed by atoms with Crippen LogP contribution in [0.3, 0.4) is 0 Å². The fourth-order valence-corrected chi connectivity index (χ4v) is 1.49. The number of carbonyl (C=O) groups excluding carboxylic acids is 1. The van der Waals surface area contributed by atoms with E-state index in [1.807, 2.05) is 6.92 Å². The average Bonchev–Trinajstić information content (AvgIpc) is 2.63. The Kier molecular flexibility index (Phi) is 3.39. The Morgan fingerprint density at radius 3 is 2.92 bits per heavy atom. The summed E-state index contributed by atoms with van der Waals surface area (Å²) in [7, 11) is 1.75. The van der Waals surface area contributed by atoms with Gasteiger partial charge in [0.05, 0.1) is 0 Å². The topological polar surface area (TPSA) is 59.2 Å². The number of aromatic nitrogens is 1. The largest absolute Gasteiger partial charge is 0.341 e. The van der Waals surface area contributed by atoms with E-state index in [9.17, 15) is 4.79 Å². The van der Waals surface area contributed by atoms with Gasteiger partial charge in [0.1, 0.15) is 10.7 Å². The van der Waals surface area contributed by atoms with Crippen molar-refractivity contribution >= 4 is 17.2 Å². The SMILES string of the molecule is CCN(C)C(=O)c1csc(CN)n1. The first kappa shape index (κ1) is 10.1. The Morgan fingerprint density at radius 1 is 1.77 bits per heavy atom. The van der Waals surface area contributed by atoms with Crippen molar-refractivity contribution in [3.05, 3.63) is 16.1 Å². The molecule has 1 heterocycles. The van der Waals surface area contributed by atoms with E-state index in [2.05, 4.69) is 4.98 Å². The van der Waals surface area contributed by atoms with Crippen LogP contribution in [0.25, 0.3) is 0 Å². The monoisotopic (exact) mass is 199 g/mol. The van der Waals surface area contributed by atoms with Crippen LogP contribution in [0.2, 0.25) is 0 Å². The number of thiazole rings is 1. The summed E-state index contributed by atoms with van der Waals surface area (Å²) in [6, 6.07) is 0. The molecule has 72 valence electrons. The second kappa shape index (κ2) is 4.34. The van der Waals surface area contributed by atoms with Crippen LogP contribution in [-0.4, -0.2) is 29.4 Å². The van der Waals surface area contributed by atoms with Crippen LogP contribution in [-0.2, 0) is 6.54 Å². The lowest BCUT2D eigenvalue weighted by Gasteiger charge is -2.11. The predicted molar refractivity (Wildman–Crippen MR) is 52.6 cm³/mol. The van der Waals surface area contributed by atoms with Gasteiger partial charge in [0.2, 0.25) is 0 Å². The number of nitrogens with two attached hydrogens (primary N) is 1. The summed E-state index contributed by atoms with van der Waals surface area (Å²) >= 11 is 1.42. The molecule has 0 fully saturated rings. The molecule has 1 amide bonds. The Labute approximate surface area is 81.4 Å². The molecule has 0 saturated carbocycles. The summed E-state index contributed by atoms with van der Waals surface area (Å²) in [6.07, 6.45) is 0. The molecule has 1 aromatic heterocycles. The molecule has 0 aliphatic carbocycles. The lowest BCUT2D eigenvalue weighted by Crippen LogP contribution is -2.26. The third-order valence-corrected chi connectivity index (χ3v) is 2.64. The van der Waals surface area contributed by atoms with E-state index in [0.29, 0.717) is 18.8 Å². The summed E-state index contributed by atoms with van der Waals surface area (Å²) in [5, 5.41) is 2.55. The normalized spacial score (nSPS) is 10.1. The average molecular weight is 199 g/mol. The molecule has 0 atom stereocenters. The van der Waals surface area contributed by atoms with Gasteiger partial charge < -0.3 is 10.6 Å². The van der Waals surface area contributed by atoms with E-state index in [4.69, 9.17) is 5.73 Å². The van der Waals surface area contributed by atoms with Crippen LogP contribution in [0.5, 0.6) is 0 Å². The summed E-state index contributed by atoms with van der Waals surface area (Å²) in [4.78, 5) is 17.3. The maximum Gasteiger partial charge on any atom is 0.273 e. The minimum Gasteiger partial charge on any atom is -0.341 e. The number of hydrogen-bond acceptors (Lipinski definition) is 4. The lowest BCUT2D eigenvalue weighted by atomic mass is 10.4. The van der Waals surface area contributed by atoms with Gasteiger partial charge in [0.25, 0.3) is 5.91 Å². The molecule has 0 unspecified atom stereocenters. The van der Waals surface area contributed by atoms with Crippen molar-refractivity contribution in [2.45, 2.75) is 13.5 Å². The highest BCUT2D eigenvalue weighted by atomic mass is 32.1. The van der Waals surface area contributed by atoms with Gasteiger partial charge in [-0.15, -0.1) is 11.3 Å². The third kappa shape index (κ3) is 2.26. The Bertz CT molecular complexity index is 297. The van der Waals surface area contributed by atoms with Gasteiger partial charge >= 0.3 is 0 Å². The highest BCUT2D eigenvalue weighted by Crippen LogP contribution is 2.10. The number of nitrogens with zero attached hydrogens (tertiary/aromatic N) is 2. The van der Waals surface area contributed by atoms with Crippen molar-refractivity contribution in [2.24, 2.45) is 5.73 Å².